The highest BCUT2D eigenvalue weighted by Crippen LogP contribution is 2.23. The lowest BCUT2D eigenvalue weighted by Gasteiger charge is -2.05. The van der Waals surface area contributed by atoms with Crippen molar-refractivity contribution in [3.63, 3.8) is 0 Å². The van der Waals surface area contributed by atoms with Crippen LogP contribution in [0.3, 0.4) is 0 Å². The molecule has 1 heteroatoms. The van der Waals surface area contributed by atoms with Crippen LogP contribution in [0.2, 0.25) is 0 Å². The zero-order chi connectivity index (χ0) is 13.1. The molecule has 0 spiro atoms. The maximum atomic E-state index is 12.2. The van der Waals surface area contributed by atoms with E-state index in [0.717, 1.165) is 18.4 Å². The smallest absolute Gasteiger partial charge is 0.163 e. The van der Waals surface area contributed by atoms with Crippen LogP contribution in [0.25, 0.3) is 0 Å². The molecule has 0 N–H and O–H groups in total. The lowest BCUT2D eigenvalue weighted by atomic mass is 9.99. The normalized spacial score (nSPS) is 13.3. The summed E-state index contributed by atoms with van der Waals surface area (Å²) in [4.78, 5) is 12.2. The molecule has 96 valence electrons. The van der Waals surface area contributed by atoms with Crippen LogP contribution in [0.15, 0.2) is 48.5 Å². The van der Waals surface area contributed by atoms with Gasteiger partial charge in [-0.3, -0.25) is 4.79 Å². The number of ketones is 1. The second-order valence-corrected chi connectivity index (χ2v) is 5.25. The van der Waals surface area contributed by atoms with E-state index in [-0.39, 0.29) is 5.78 Å². The van der Waals surface area contributed by atoms with Crippen molar-refractivity contribution in [1.29, 1.82) is 0 Å². The highest BCUT2D eigenvalue weighted by molar-refractivity contribution is 5.96. The van der Waals surface area contributed by atoms with Gasteiger partial charge in [0.1, 0.15) is 0 Å². The Morgan fingerprint density at radius 1 is 0.947 bits per heavy atom. The number of aryl methyl sites for hydroxylation is 3. The molecule has 2 aromatic carbocycles. The van der Waals surface area contributed by atoms with E-state index in [4.69, 9.17) is 0 Å². The fraction of sp³-hybridized carbons (Fsp3) is 0.278. The van der Waals surface area contributed by atoms with E-state index in [1.807, 2.05) is 24.3 Å². The summed E-state index contributed by atoms with van der Waals surface area (Å²) in [7, 11) is 0. The highest BCUT2D eigenvalue weighted by Gasteiger charge is 2.13. The number of rotatable bonds is 4. The fourth-order valence-electron chi connectivity index (χ4n) is 2.79. The van der Waals surface area contributed by atoms with Gasteiger partial charge in [-0.1, -0.05) is 42.5 Å². The number of fused-ring (bicyclic) bond motifs is 1. The van der Waals surface area contributed by atoms with Gasteiger partial charge in [0.2, 0.25) is 0 Å². The van der Waals surface area contributed by atoms with Crippen molar-refractivity contribution in [3.05, 3.63) is 70.8 Å². The average molecular weight is 250 g/mol. The van der Waals surface area contributed by atoms with Gasteiger partial charge in [0.15, 0.2) is 5.78 Å². The fourth-order valence-corrected chi connectivity index (χ4v) is 2.79. The monoisotopic (exact) mass is 250 g/mol. The first-order chi connectivity index (χ1) is 9.33. The van der Waals surface area contributed by atoms with Crippen LogP contribution >= 0.6 is 0 Å². The van der Waals surface area contributed by atoms with Crippen LogP contribution in [0.4, 0.5) is 0 Å². The summed E-state index contributed by atoms with van der Waals surface area (Å²) in [5.74, 6) is 0.263. The molecule has 1 aliphatic carbocycles. The Bertz CT molecular complexity index is 584. The molecule has 0 radical (unpaired) electrons. The molecular weight excluding hydrogens is 232 g/mol. The first kappa shape index (κ1) is 12.2. The maximum Gasteiger partial charge on any atom is 0.163 e. The van der Waals surface area contributed by atoms with Crippen LogP contribution in [-0.2, 0) is 19.3 Å². The van der Waals surface area contributed by atoms with E-state index < -0.39 is 0 Å². The van der Waals surface area contributed by atoms with Gasteiger partial charge >= 0.3 is 0 Å². The summed E-state index contributed by atoms with van der Waals surface area (Å²) >= 11 is 0. The minimum Gasteiger partial charge on any atom is -0.294 e. The van der Waals surface area contributed by atoms with Crippen LogP contribution in [-0.4, -0.2) is 5.78 Å². The molecule has 1 aliphatic rings. The predicted molar refractivity (Wildman–Crippen MR) is 77.6 cm³/mol. The molecule has 3 rings (SSSR count). The van der Waals surface area contributed by atoms with Crippen molar-refractivity contribution in [3.8, 4) is 0 Å². The SMILES string of the molecule is O=C(CCc1ccccc1)c1ccc2c(c1)CCC2. The Morgan fingerprint density at radius 2 is 1.74 bits per heavy atom. The third kappa shape index (κ3) is 2.76. The molecule has 0 amide bonds. The van der Waals surface area contributed by atoms with E-state index in [9.17, 15) is 4.79 Å². The third-order valence-corrected chi connectivity index (χ3v) is 3.90. The standard InChI is InChI=1S/C18H18O/c19-18(12-9-14-5-2-1-3-6-14)17-11-10-15-7-4-8-16(15)13-17/h1-3,5-6,10-11,13H,4,7-9,12H2. The molecule has 0 atom stereocenters. The van der Waals surface area contributed by atoms with Gasteiger partial charge in [-0.15, -0.1) is 0 Å². The third-order valence-electron chi connectivity index (χ3n) is 3.90. The van der Waals surface area contributed by atoms with Crippen LogP contribution < -0.4 is 0 Å². The summed E-state index contributed by atoms with van der Waals surface area (Å²) in [6.07, 6.45) is 4.97. The molecule has 0 fully saturated rings. The largest absolute Gasteiger partial charge is 0.294 e. The molecule has 2 aromatic rings. The molecule has 0 aliphatic heterocycles. The minimum absolute atomic E-state index is 0.263. The highest BCUT2D eigenvalue weighted by atomic mass is 16.1. The zero-order valence-electron chi connectivity index (χ0n) is 11.1. The van der Waals surface area contributed by atoms with E-state index in [1.165, 1.54) is 29.5 Å². The minimum atomic E-state index is 0.263. The molecule has 0 saturated carbocycles. The van der Waals surface area contributed by atoms with Gasteiger partial charge in [-0.05, 0) is 48.4 Å². The quantitative estimate of drug-likeness (QED) is 0.750. The maximum absolute atomic E-state index is 12.2. The molecule has 0 aromatic heterocycles. The van der Waals surface area contributed by atoms with Crippen LogP contribution in [0.5, 0.6) is 0 Å². The van der Waals surface area contributed by atoms with Crippen molar-refractivity contribution in [2.75, 3.05) is 0 Å². The van der Waals surface area contributed by atoms with Gasteiger partial charge in [-0.2, -0.15) is 0 Å². The summed E-state index contributed by atoms with van der Waals surface area (Å²) < 4.78 is 0. The van der Waals surface area contributed by atoms with Crippen molar-refractivity contribution in [1.82, 2.24) is 0 Å². The molecule has 0 bridgehead atoms. The van der Waals surface area contributed by atoms with E-state index >= 15 is 0 Å². The zero-order valence-corrected chi connectivity index (χ0v) is 11.1. The lowest BCUT2D eigenvalue weighted by Crippen LogP contribution is -2.02. The van der Waals surface area contributed by atoms with Gasteiger partial charge in [0.05, 0.1) is 0 Å². The van der Waals surface area contributed by atoms with E-state index in [2.05, 4.69) is 24.3 Å². The van der Waals surface area contributed by atoms with Crippen molar-refractivity contribution < 1.29 is 4.79 Å². The van der Waals surface area contributed by atoms with Gasteiger partial charge < -0.3 is 0 Å². The average Bonchev–Trinajstić information content (AvgIpc) is 2.93. The Hall–Kier alpha value is -1.89. The number of hydrogen-bond donors (Lipinski definition) is 0. The number of benzene rings is 2. The molecule has 19 heavy (non-hydrogen) atoms. The van der Waals surface area contributed by atoms with Crippen LogP contribution in [0, 0.1) is 0 Å². The second kappa shape index (κ2) is 5.40. The van der Waals surface area contributed by atoms with Crippen LogP contribution in [0.1, 0.15) is 39.9 Å². The number of carbonyl (C=O) groups excluding carboxylic acids is 1. The lowest BCUT2D eigenvalue weighted by molar-refractivity contribution is 0.0983. The Morgan fingerprint density at radius 3 is 2.58 bits per heavy atom. The van der Waals surface area contributed by atoms with Gasteiger partial charge in [0, 0.05) is 12.0 Å². The van der Waals surface area contributed by atoms with Crippen molar-refractivity contribution >= 4 is 5.78 Å². The first-order valence-electron chi connectivity index (χ1n) is 7.02. The first-order valence-corrected chi connectivity index (χ1v) is 7.02. The summed E-state index contributed by atoms with van der Waals surface area (Å²) in [5.41, 5.74) is 4.93. The Balaban J connectivity index is 1.67. The number of Topliss-reactive ketones (excluding diaryl/α,β-unsaturated/α-hetero) is 1. The summed E-state index contributed by atoms with van der Waals surface area (Å²) in [6.45, 7) is 0. The number of carbonyl (C=O) groups is 1. The molecule has 1 nitrogen and oxygen atoms in total. The topological polar surface area (TPSA) is 17.1 Å². The summed E-state index contributed by atoms with van der Waals surface area (Å²) in [6, 6.07) is 16.5. The summed E-state index contributed by atoms with van der Waals surface area (Å²) in [5, 5.41) is 0. The van der Waals surface area contributed by atoms with Crippen molar-refractivity contribution in [2.24, 2.45) is 0 Å². The molecule has 0 unspecified atom stereocenters. The predicted octanol–water partition coefficient (Wildman–Crippen LogP) is 3.99. The van der Waals surface area contributed by atoms with E-state index in [0.29, 0.717) is 6.42 Å². The Labute approximate surface area is 114 Å². The second-order valence-electron chi connectivity index (χ2n) is 5.25. The molecule has 0 saturated heterocycles. The molecule has 0 heterocycles. The molecular formula is C18H18O. The van der Waals surface area contributed by atoms with Gasteiger partial charge in [-0.25, -0.2) is 0 Å². The Kier molecular flexibility index (Phi) is 3.45. The van der Waals surface area contributed by atoms with E-state index in [1.54, 1.807) is 0 Å². The number of hydrogen-bond acceptors (Lipinski definition) is 1. The van der Waals surface area contributed by atoms with Crippen molar-refractivity contribution in [2.45, 2.75) is 32.1 Å². The van der Waals surface area contributed by atoms with Gasteiger partial charge in [0.25, 0.3) is 0 Å².